The number of carbonyl (C=O) groups is 1. The molecule has 1 aromatic rings. The fourth-order valence-electron chi connectivity index (χ4n) is 1.09. The third-order valence-electron chi connectivity index (χ3n) is 1.92. The zero-order chi connectivity index (χ0) is 12.0. The van der Waals surface area contributed by atoms with Gasteiger partial charge in [-0.1, -0.05) is 25.1 Å². The molecule has 0 aromatic heterocycles. The standard InChI is InChI=1S/C9H9NO.C3H6O2/c1-7-6-8-4-2-3-5-9(8)11-10-7;1-2-3(4)5/h2-6,10H,1H3;2H2,1H3,(H,4,5). The molecule has 4 heteroatoms. The lowest BCUT2D eigenvalue weighted by Gasteiger charge is -2.15. The van der Waals surface area contributed by atoms with Crippen LogP contribution in [-0.4, -0.2) is 11.1 Å². The van der Waals surface area contributed by atoms with E-state index < -0.39 is 5.97 Å². The quantitative estimate of drug-likeness (QED) is 0.764. The Labute approximate surface area is 94.5 Å². The summed E-state index contributed by atoms with van der Waals surface area (Å²) in [5.41, 5.74) is 4.96. The molecule has 1 aliphatic rings. The van der Waals surface area contributed by atoms with Crippen LogP contribution in [0.15, 0.2) is 30.0 Å². The number of hydrogen-bond donors (Lipinski definition) is 2. The number of allylic oxidation sites excluding steroid dienone is 1. The normalized spacial score (nSPS) is 12.0. The predicted octanol–water partition coefficient (Wildman–Crippen LogP) is 2.43. The molecule has 0 fully saturated rings. The molecule has 0 radical (unpaired) electrons. The first-order valence-corrected chi connectivity index (χ1v) is 5.05. The minimum absolute atomic E-state index is 0.222. The second kappa shape index (κ2) is 5.80. The van der Waals surface area contributed by atoms with Gasteiger partial charge in [0.15, 0.2) is 5.75 Å². The molecule has 86 valence electrons. The van der Waals surface area contributed by atoms with E-state index in [0.29, 0.717) is 0 Å². The summed E-state index contributed by atoms with van der Waals surface area (Å²) in [5, 5.41) is 7.72. The summed E-state index contributed by atoms with van der Waals surface area (Å²) in [5.74, 6) is 0.142. The van der Waals surface area contributed by atoms with E-state index in [-0.39, 0.29) is 6.42 Å². The van der Waals surface area contributed by atoms with Crippen molar-refractivity contribution >= 4 is 12.0 Å². The van der Waals surface area contributed by atoms with E-state index in [0.717, 1.165) is 17.0 Å². The van der Waals surface area contributed by atoms with Crippen LogP contribution in [0.5, 0.6) is 5.75 Å². The van der Waals surface area contributed by atoms with Crippen LogP contribution in [0.4, 0.5) is 0 Å². The third kappa shape index (κ3) is 3.65. The van der Waals surface area contributed by atoms with Crippen molar-refractivity contribution in [2.75, 3.05) is 0 Å². The first-order valence-electron chi connectivity index (χ1n) is 5.05. The van der Waals surface area contributed by atoms with Crippen molar-refractivity contribution in [3.63, 3.8) is 0 Å². The van der Waals surface area contributed by atoms with Crippen LogP contribution in [0, 0.1) is 0 Å². The van der Waals surface area contributed by atoms with Crippen molar-refractivity contribution in [3.05, 3.63) is 35.5 Å². The first-order chi connectivity index (χ1) is 7.63. The van der Waals surface area contributed by atoms with Crippen molar-refractivity contribution in [1.82, 2.24) is 5.48 Å². The molecule has 2 N–H and O–H groups in total. The van der Waals surface area contributed by atoms with Gasteiger partial charge in [-0.25, -0.2) is 5.48 Å². The summed E-state index contributed by atoms with van der Waals surface area (Å²) in [7, 11) is 0. The van der Waals surface area contributed by atoms with Crippen LogP contribution in [0.3, 0.4) is 0 Å². The maximum Gasteiger partial charge on any atom is 0.303 e. The molecule has 0 amide bonds. The van der Waals surface area contributed by atoms with E-state index in [2.05, 4.69) is 11.6 Å². The highest BCUT2D eigenvalue weighted by Gasteiger charge is 2.05. The molecule has 0 bridgehead atoms. The van der Waals surface area contributed by atoms with Crippen LogP contribution in [-0.2, 0) is 4.79 Å². The van der Waals surface area contributed by atoms with Gasteiger partial charge in [-0.3, -0.25) is 4.79 Å². The highest BCUT2D eigenvalue weighted by molar-refractivity contribution is 5.66. The number of nitrogens with one attached hydrogen (secondary N) is 1. The average Bonchev–Trinajstić information content (AvgIpc) is 2.29. The van der Waals surface area contributed by atoms with Crippen molar-refractivity contribution in [2.45, 2.75) is 20.3 Å². The number of carboxylic acid groups (broad SMARTS) is 1. The lowest BCUT2D eigenvalue weighted by Crippen LogP contribution is -2.19. The Morgan fingerprint density at radius 1 is 1.44 bits per heavy atom. The van der Waals surface area contributed by atoms with Gasteiger partial charge in [0.2, 0.25) is 0 Å². The van der Waals surface area contributed by atoms with Crippen molar-refractivity contribution in [1.29, 1.82) is 0 Å². The summed E-state index contributed by atoms with van der Waals surface area (Å²) in [6, 6.07) is 7.91. The molecule has 1 heterocycles. The Morgan fingerprint density at radius 3 is 2.69 bits per heavy atom. The fraction of sp³-hybridized carbons (Fsp3) is 0.250. The van der Waals surface area contributed by atoms with Gasteiger partial charge in [-0.15, -0.1) is 0 Å². The van der Waals surface area contributed by atoms with E-state index in [1.807, 2.05) is 31.2 Å². The monoisotopic (exact) mass is 221 g/mol. The fourth-order valence-corrected chi connectivity index (χ4v) is 1.09. The third-order valence-corrected chi connectivity index (χ3v) is 1.92. The Morgan fingerprint density at radius 2 is 2.06 bits per heavy atom. The average molecular weight is 221 g/mol. The summed E-state index contributed by atoms with van der Waals surface area (Å²) in [6.45, 7) is 3.57. The maximum absolute atomic E-state index is 9.37. The molecule has 16 heavy (non-hydrogen) atoms. The van der Waals surface area contributed by atoms with Crippen LogP contribution < -0.4 is 10.3 Å². The van der Waals surface area contributed by atoms with Gasteiger partial charge in [0, 0.05) is 17.7 Å². The molecule has 0 aliphatic carbocycles. The molecule has 1 aromatic carbocycles. The Balaban J connectivity index is 0.000000221. The second-order valence-corrected chi connectivity index (χ2v) is 3.32. The summed E-state index contributed by atoms with van der Waals surface area (Å²) >= 11 is 0. The van der Waals surface area contributed by atoms with Crippen molar-refractivity contribution in [2.24, 2.45) is 0 Å². The van der Waals surface area contributed by atoms with E-state index in [1.165, 1.54) is 0 Å². The number of fused-ring (bicyclic) bond motifs is 1. The van der Waals surface area contributed by atoms with Crippen molar-refractivity contribution in [3.8, 4) is 5.75 Å². The predicted molar refractivity (Wildman–Crippen MR) is 61.8 cm³/mol. The molecule has 0 atom stereocenters. The largest absolute Gasteiger partial charge is 0.481 e. The molecule has 0 saturated carbocycles. The number of hydroxylamine groups is 1. The van der Waals surface area contributed by atoms with Crippen LogP contribution in [0.25, 0.3) is 6.08 Å². The van der Waals surface area contributed by atoms with Crippen LogP contribution in [0.1, 0.15) is 25.8 Å². The highest BCUT2D eigenvalue weighted by atomic mass is 16.6. The van der Waals surface area contributed by atoms with Gasteiger partial charge in [-0.05, 0) is 19.1 Å². The molecule has 0 saturated heterocycles. The Hall–Kier alpha value is -1.97. The second-order valence-electron chi connectivity index (χ2n) is 3.32. The minimum Gasteiger partial charge on any atom is -0.481 e. The molecule has 2 rings (SSSR count). The highest BCUT2D eigenvalue weighted by Crippen LogP contribution is 2.22. The lowest BCUT2D eigenvalue weighted by atomic mass is 10.1. The number of carboxylic acids is 1. The summed E-state index contributed by atoms with van der Waals surface area (Å²) < 4.78 is 0. The summed E-state index contributed by atoms with van der Waals surface area (Å²) in [4.78, 5) is 14.6. The number of para-hydroxylation sites is 1. The Bertz CT molecular complexity index is 399. The van der Waals surface area contributed by atoms with Gasteiger partial charge in [0.1, 0.15) is 0 Å². The first kappa shape index (κ1) is 12.1. The van der Waals surface area contributed by atoms with E-state index >= 15 is 0 Å². The number of benzene rings is 1. The molecule has 0 spiro atoms. The van der Waals surface area contributed by atoms with Gasteiger partial charge < -0.3 is 9.94 Å². The molecular weight excluding hydrogens is 206 g/mol. The van der Waals surface area contributed by atoms with E-state index in [9.17, 15) is 4.79 Å². The summed E-state index contributed by atoms with van der Waals surface area (Å²) in [6.07, 6.45) is 2.28. The topological polar surface area (TPSA) is 58.6 Å². The molecule has 4 nitrogen and oxygen atoms in total. The van der Waals surface area contributed by atoms with E-state index in [1.54, 1.807) is 6.92 Å². The number of hydrogen-bond acceptors (Lipinski definition) is 3. The van der Waals surface area contributed by atoms with Gasteiger partial charge in [-0.2, -0.15) is 0 Å². The van der Waals surface area contributed by atoms with Crippen LogP contribution >= 0.6 is 0 Å². The lowest BCUT2D eigenvalue weighted by molar-refractivity contribution is -0.136. The van der Waals surface area contributed by atoms with Gasteiger partial charge in [0.05, 0.1) is 0 Å². The van der Waals surface area contributed by atoms with E-state index in [4.69, 9.17) is 9.94 Å². The molecule has 1 aliphatic heterocycles. The number of aliphatic carboxylic acids is 1. The SMILES string of the molecule is CC1=Cc2ccccc2ON1.CCC(=O)O. The Kier molecular flexibility index (Phi) is 4.39. The van der Waals surface area contributed by atoms with Gasteiger partial charge in [0.25, 0.3) is 0 Å². The van der Waals surface area contributed by atoms with Gasteiger partial charge >= 0.3 is 5.97 Å². The van der Waals surface area contributed by atoms with Crippen LogP contribution in [0.2, 0.25) is 0 Å². The minimum atomic E-state index is -0.745. The molecule has 0 unspecified atom stereocenters. The number of rotatable bonds is 1. The zero-order valence-corrected chi connectivity index (χ0v) is 9.36. The maximum atomic E-state index is 9.37. The van der Waals surface area contributed by atoms with Crippen molar-refractivity contribution < 1.29 is 14.7 Å². The smallest absolute Gasteiger partial charge is 0.303 e. The zero-order valence-electron chi connectivity index (χ0n) is 9.36. The molecular formula is C12H15NO3.